The van der Waals surface area contributed by atoms with Crippen molar-refractivity contribution in [1.29, 1.82) is 0 Å². The molecule has 0 amide bonds. The molecule has 0 atom stereocenters. The number of aromatic hydroxyl groups is 1. The van der Waals surface area contributed by atoms with Gasteiger partial charge in [-0.3, -0.25) is 4.99 Å². The van der Waals surface area contributed by atoms with E-state index >= 15 is 0 Å². The van der Waals surface area contributed by atoms with Gasteiger partial charge in [-0.2, -0.15) is 5.10 Å². The monoisotopic (exact) mass is 532 g/mol. The summed E-state index contributed by atoms with van der Waals surface area (Å²) in [7, 11) is 1.83. The number of nitrogens with one attached hydrogen (secondary N) is 1. The summed E-state index contributed by atoms with van der Waals surface area (Å²) >= 11 is 0. The zero-order valence-corrected chi connectivity index (χ0v) is 20.0. The Morgan fingerprint density at radius 3 is 2.42 bits per heavy atom. The molecule has 1 aromatic heterocycles. The Morgan fingerprint density at radius 1 is 1.03 bits per heavy atom. The SMILES string of the molecule is CN=C(NCCc1ccc(-n2cccn2)cc1)N1CCN(c2ccccc2O)CC1.I. The van der Waals surface area contributed by atoms with E-state index < -0.39 is 0 Å². The van der Waals surface area contributed by atoms with E-state index in [2.05, 4.69) is 49.5 Å². The molecule has 2 aromatic carbocycles. The second-order valence-electron chi connectivity index (χ2n) is 7.30. The fraction of sp³-hybridized carbons (Fsp3) is 0.304. The largest absolute Gasteiger partial charge is 0.506 e. The summed E-state index contributed by atoms with van der Waals surface area (Å²) in [6.45, 7) is 4.27. The van der Waals surface area contributed by atoms with Crippen molar-refractivity contribution in [1.82, 2.24) is 20.0 Å². The number of guanidine groups is 1. The van der Waals surface area contributed by atoms with Crippen LogP contribution in [0.1, 0.15) is 5.56 Å². The van der Waals surface area contributed by atoms with Crippen LogP contribution in [0.5, 0.6) is 5.75 Å². The Hall–Kier alpha value is -2.75. The summed E-state index contributed by atoms with van der Waals surface area (Å²) in [5.74, 6) is 1.27. The minimum atomic E-state index is 0. The first kappa shape index (κ1) is 22.9. The highest BCUT2D eigenvalue weighted by Gasteiger charge is 2.21. The standard InChI is InChI=1S/C23H28N6O.HI/c1-24-23(28-17-15-27(16-18-28)21-5-2-3-6-22(21)30)25-13-11-19-7-9-20(10-8-19)29-14-4-12-26-29;/h2-10,12,14,30H,11,13,15-18H2,1H3,(H,24,25);1H. The molecule has 7 nitrogen and oxygen atoms in total. The van der Waals surface area contributed by atoms with Crippen molar-refractivity contribution >= 4 is 35.6 Å². The number of halogens is 1. The van der Waals surface area contributed by atoms with Gasteiger partial charge < -0.3 is 20.2 Å². The Labute approximate surface area is 200 Å². The van der Waals surface area contributed by atoms with Crippen LogP contribution in [0.4, 0.5) is 5.69 Å². The maximum absolute atomic E-state index is 10.1. The van der Waals surface area contributed by atoms with Crippen LogP contribution in [0.3, 0.4) is 0 Å². The fourth-order valence-corrected chi connectivity index (χ4v) is 3.78. The Morgan fingerprint density at radius 2 is 1.77 bits per heavy atom. The van der Waals surface area contributed by atoms with Crippen LogP contribution in [0.15, 0.2) is 72.0 Å². The van der Waals surface area contributed by atoms with Crippen molar-refractivity contribution in [3.8, 4) is 11.4 Å². The number of aromatic nitrogens is 2. The summed E-state index contributed by atoms with van der Waals surface area (Å²) in [6.07, 6.45) is 4.65. The van der Waals surface area contributed by atoms with Crippen LogP contribution in [-0.4, -0.2) is 65.5 Å². The van der Waals surface area contributed by atoms with E-state index in [1.807, 2.05) is 42.2 Å². The van der Waals surface area contributed by atoms with Crippen LogP contribution in [0, 0.1) is 0 Å². The molecule has 0 radical (unpaired) electrons. The predicted molar refractivity (Wildman–Crippen MR) is 136 cm³/mol. The van der Waals surface area contributed by atoms with Gasteiger partial charge in [0.15, 0.2) is 5.96 Å². The van der Waals surface area contributed by atoms with Crippen molar-refractivity contribution < 1.29 is 5.11 Å². The third kappa shape index (κ3) is 5.69. The molecule has 0 spiro atoms. The summed E-state index contributed by atoms with van der Waals surface area (Å²) < 4.78 is 1.86. The maximum Gasteiger partial charge on any atom is 0.193 e. The number of anilines is 1. The quantitative estimate of drug-likeness (QED) is 0.300. The molecular formula is C23H29IN6O. The van der Waals surface area contributed by atoms with E-state index in [0.29, 0.717) is 5.75 Å². The van der Waals surface area contributed by atoms with Gasteiger partial charge in [0.2, 0.25) is 0 Å². The number of nitrogens with zero attached hydrogens (tertiary/aromatic N) is 5. The molecule has 0 bridgehead atoms. The number of rotatable bonds is 5. The fourth-order valence-electron chi connectivity index (χ4n) is 3.78. The molecule has 0 unspecified atom stereocenters. The lowest BCUT2D eigenvalue weighted by molar-refractivity contribution is 0.370. The van der Waals surface area contributed by atoms with Gasteiger partial charge in [-0.1, -0.05) is 24.3 Å². The topological polar surface area (TPSA) is 68.9 Å². The second kappa shape index (κ2) is 11.0. The highest BCUT2D eigenvalue weighted by atomic mass is 127. The molecule has 8 heteroatoms. The number of phenolic OH excluding ortho intramolecular Hbond substituents is 1. The first-order chi connectivity index (χ1) is 14.7. The molecule has 0 aliphatic carbocycles. The van der Waals surface area contributed by atoms with Crippen LogP contribution in [-0.2, 0) is 6.42 Å². The zero-order chi connectivity index (χ0) is 20.8. The van der Waals surface area contributed by atoms with Gasteiger partial charge in [-0.05, 0) is 42.3 Å². The first-order valence-electron chi connectivity index (χ1n) is 10.3. The van der Waals surface area contributed by atoms with Gasteiger partial charge in [0.25, 0.3) is 0 Å². The number of phenols is 1. The number of piperazine rings is 1. The molecule has 4 rings (SSSR count). The molecule has 2 N–H and O–H groups in total. The van der Waals surface area contributed by atoms with Crippen LogP contribution >= 0.6 is 24.0 Å². The molecule has 31 heavy (non-hydrogen) atoms. The predicted octanol–water partition coefficient (Wildman–Crippen LogP) is 3.14. The van der Waals surface area contributed by atoms with Crippen LogP contribution < -0.4 is 10.2 Å². The summed E-state index contributed by atoms with van der Waals surface area (Å²) in [4.78, 5) is 8.96. The minimum Gasteiger partial charge on any atom is -0.506 e. The van der Waals surface area contributed by atoms with E-state index in [1.165, 1.54) is 5.56 Å². The number of para-hydroxylation sites is 2. The number of hydrogen-bond donors (Lipinski definition) is 2. The number of hydrogen-bond acceptors (Lipinski definition) is 4. The van der Waals surface area contributed by atoms with E-state index in [-0.39, 0.29) is 24.0 Å². The van der Waals surface area contributed by atoms with Crippen molar-refractivity contribution in [2.45, 2.75) is 6.42 Å². The molecule has 1 saturated heterocycles. The molecule has 0 saturated carbocycles. The molecule has 1 aliphatic heterocycles. The van der Waals surface area contributed by atoms with Crippen molar-refractivity contribution in [2.75, 3.05) is 44.7 Å². The molecule has 164 valence electrons. The first-order valence-corrected chi connectivity index (χ1v) is 10.3. The van der Waals surface area contributed by atoms with Crippen molar-refractivity contribution in [2.24, 2.45) is 4.99 Å². The highest BCUT2D eigenvalue weighted by molar-refractivity contribution is 14.0. The third-order valence-corrected chi connectivity index (χ3v) is 5.42. The second-order valence-corrected chi connectivity index (χ2v) is 7.30. The molecule has 3 aromatic rings. The summed E-state index contributed by atoms with van der Waals surface area (Å²) in [5.41, 5.74) is 3.24. The minimum absolute atomic E-state index is 0. The number of benzene rings is 2. The summed E-state index contributed by atoms with van der Waals surface area (Å²) in [5, 5.41) is 17.8. The summed E-state index contributed by atoms with van der Waals surface area (Å²) in [6, 6.07) is 17.9. The third-order valence-electron chi connectivity index (χ3n) is 5.42. The normalized spacial score (nSPS) is 14.3. The van der Waals surface area contributed by atoms with E-state index in [0.717, 1.165) is 56.5 Å². The van der Waals surface area contributed by atoms with Gasteiger partial charge in [0, 0.05) is 52.2 Å². The lowest BCUT2D eigenvalue weighted by Gasteiger charge is -2.37. The Kier molecular flexibility index (Phi) is 8.16. The smallest absolute Gasteiger partial charge is 0.193 e. The Balaban J connectivity index is 0.00000272. The van der Waals surface area contributed by atoms with Crippen LogP contribution in [0.25, 0.3) is 5.69 Å². The zero-order valence-electron chi connectivity index (χ0n) is 17.7. The molecule has 2 heterocycles. The lowest BCUT2D eigenvalue weighted by atomic mass is 10.1. The molecule has 1 aliphatic rings. The van der Waals surface area contributed by atoms with Gasteiger partial charge in [-0.25, -0.2) is 4.68 Å². The lowest BCUT2D eigenvalue weighted by Crippen LogP contribution is -2.52. The van der Waals surface area contributed by atoms with E-state index in [9.17, 15) is 5.11 Å². The number of aliphatic imine (C=N–C) groups is 1. The Bertz CT molecular complexity index is 966. The van der Waals surface area contributed by atoms with Gasteiger partial charge in [-0.15, -0.1) is 24.0 Å². The van der Waals surface area contributed by atoms with Crippen molar-refractivity contribution in [3.63, 3.8) is 0 Å². The van der Waals surface area contributed by atoms with Gasteiger partial charge in [0.1, 0.15) is 5.75 Å². The average Bonchev–Trinajstić information content (AvgIpc) is 3.33. The average molecular weight is 532 g/mol. The molecular weight excluding hydrogens is 503 g/mol. The van der Waals surface area contributed by atoms with Crippen LogP contribution in [0.2, 0.25) is 0 Å². The maximum atomic E-state index is 10.1. The van der Waals surface area contributed by atoms with Gasteiger partial charge >= 0.3 is 0 Å². The van der Waals surface area contributed by atoms with E-state index in [4.69, 9.17) is 0 Å². The van der Waals surface area contributed by atoms with Crippen molar-refractivity contribution in [3.05, 3.63) is 72.6 Å². The molecule has 1 fully saturated rings. The van der Waals surface area contributed by atoms with E-state index in [1.54, 1.807) is 12.3 Å². The van der Waals surface area contributed by atoms with Gasteiger partial charge in [0.05, 0.1) is 11.4 Å². The highest BCUT2D eigenvalue weighted by Crippen LogP contribution is 2.27.